The third-order valence-electron chi connectivity index (χ3n) is 5.22. The molecule has 2 rings (SSSR count). The molecule has 106 valence electrons. The van der Waals surface area contributed by atoms with Gasteiger partial charge in [0.2, 0.25) is 0 Å². The van der Waals surface area contributed by atoms with Gasteiger partial charge in [-0.1, -0.05) is 34.6 Å². The normalized spacial score (nSPS) is 22.2. The molecular weight excluding hydrogens is 239 g/mol. The molecule has 0 aromatic carbocycles. The highest BCUT2D eigenvalue weighted by Gasteiger charge is 2.67. The maximum Gasteiger partial charge on any atom is 0.146 e. The van der Waals surface area contributed by atoms with Crippen LogP contribution in [0.3, 0.4) is 0 Å². The van der Waals surface area contributed by atoms with E-state index in [1.807, 2.05) is 6.07 Å². The zero-order valence-electron chi connectivity index (χ0n) is 12.6. The van der Waals surface area contributed by atoms with Gasteiger partial charge in [0, 0.05) is 17.8 Å². The van der Waals surface area contributed by atoms with E-state index in [0.29, 0.717) is 5.92 Å². The lowest BCUT2D eigenvalue weighted by atomic mass is 9.96. The van der Waals surface area contributed by atoms with Crippen molar-refractivity contribution >= 4 is 0 Å². The molecule has 1 aromatic rings. The third kappa shape index (κ3) is 2.29. The molecule has 1 aromatic heterocycles. The molecule has 1 aliphatic carbocycles. The maximum absolute atomic E-state index is 14.1. The van der Waals surface area contributed by atoms with Gasteiger partial charge in [0.05, 0.1) is 6.20 Å². The summed E-state index contributed by atoms with van der Waals surface area (Å²) in [7, 11) is 0. The van der Waals surface area contributed by atoms with Crippen LogP contribution < -0.4 is 5.32 Å². The van der Waals surface area contributed by atoms with Crippen molar-refractivity contribution in [3.8, 4) is 0 Å². The van der Waals surface area contributed by atoms with Crippen LogP contribution in [-0.4, -0.2) is 11.5 Å². The van der Waals surface area contributed by atoms with E-state index in [2.05, 4.69) is 44.9 Å². The van der Waals surface area contributed by atoms with Crippen LogP contribution in [0, 0.1) is 22.6 Å². The molecule has 1 saturated carbocycles. The summed E-state index contributed by atoms with van der Waals surface area (Å²) >= 11 is 0. The predicted molar refractivity (Wildman–Crippen MR) is 76.3 cm³/mol. The summed E-state index contributed by atoms with van der Waals surface area (Å²) < 4.78 is 14.1. The fourth-order valence-electron chi connectivity index (χ4n) is 3.43. The zero-order valence-corrected chi connectivity index (χ0v) is 12.6. The predicted octanol–water partition coefficient (Wildman–Crippen LogP) is 3.94. The van der Waals surface area contributed by atoms with Crippen molar-refractivity contribution in [2.75, 3.05) is 6.54 Å². The Morgan fingerprint density at radius 3 is 2.42 bits per heavy atom. The topological polar surface area (TPSA) is 24.9 Å². The van der Waals surface area contributed by atoms with Crippen molar-refractivity contribution in [1.29, 1.82) is 0 Å². The number of rotatable bonds is 5. The summed E-state index contributed by atoms with van der Waals surface area (Å²) in [6, 6.07) is 1.89. The van der Waals surface area contributed by atoms with Gasteiger partial charge in [-0.25, -0.2) is 4.39 Å². The van der Waals surface area contributed by atoms with Crippen molar-refractivity contribution in [3.05, 3.63) is 29.8 Å². The number of pyridine rings is 1. The van der Waals surface area contributed by atoms with Crippen molar-refractivity contribution in [1.82, 2.24) is 10.3 Å². The SMILES string of the molecule is CCCNC(c1ccncc1F)C1C(C)(C)C1(C)C. The standard InChI is InChI=1S/C16H25FN2/c1-6-8-19-13(11-7-9-18-10-12(11)17)14-15(2,3)16(14,4)5/h7,9-10,13-14,19H,6,8H2,1-5H3. The lowest BCUT2D eigenvalue weighted by Crippen LogP contribution is -2.27. The molecule has 1 aliphatic rings. The van der Waals surface area contributed by atoms with Crippen LogP contribution in [0.25, 0.3) is 0 Å². The number of halogens is 1. The van der Waals surface area contributed by atoms with Crippen LogP contribution in [0.4, 0.5) is 4.39 Å². The number of nitrogens with one attached hydrogen (secondary N) is 1. The third-order valence-corrected chi connectivity index (χ3v) is 5.22. The summed E-state index contributed by atoms with van der Waals surface area (Å²) in [6.45, 7) is 12.1. The van der Waals surface area contributed by atoms with Crippen molar-refractivity contribution in [2.45, 2.75) is 47.1 Å². The van der Waals surface area contributed by atoms with E-state index in [0.717, 1.165) is 18.5 Å². The lowest BCUT2D eigenvalue weighted by Gasteiger charge is -2.21. The molecule has 1 unspecified atom stereocenters. The summed E-state index contributed by atoms with van der Waals surface area (Å²) in [6.07, 6.45) is 4.05. The summed E-state index contributed by atoms with van der Waals surface area (Å²) in [5.41, 5.74) is 1.22. The van der Waals surface area contributed by atoms with Crippen LogP contribution in [0.1, 0.15) is 52.6 Å². The Hall–Kier alpha value is -0.960. The fraction of sp³-hybridized carbons (Fsp3) is 0.688. The van der Waals surface area contributed by atoms with Crippen molar-refractivity contribution < 1.29 is 4.39 Å². The second-order valence-electron chi connectivity index (χ2n) is 6.75. The van der Waals surface area contributed by atoms with Crippen LogP contribution in [0.2, 0.25) is 0 Å². The first-order valence-corrected chi connectivity index (χ1v) is 7.16. The number of nitrogens with zero attached hydrogens (tertiary/aromatic N) is 1. The van der Waals surface area contributed by atoms with Gasteiger partial charge in [-0.15, -0.1) is 0 Å². The Morgan fingerprint density at radius 2 is 1.95 bits per heavy atom. The molecule has 3 heteroatoms. The highest BCUT2D eigenvalue weighted by Crippen LogP contribution is 2.72. The van der Waals surface area contributed by atoms with E-state index < -0.39 is 0 Å². The van der Waals surface area contributed by atoms with Crippen LogP contribution in [0.5, 0.6) is 0 Å². The molecule has 1 fully saturated rings. The second kappa shape index (κ2) is 4.86. The first kappa shape index (κ1) is 14.4. The monoisotopic (exact) mass is 264 g/mol. The molecule has 1 atom stereocenters. The Balaban J connectivity index is 2.31. The van der Waals surface area contributed by atoms with Crippen LogP contribution in [0.15, 0.2) is 18.5 Å². The number of hydrogen-bond acceptors (Lipinski definition) is 2. The van der Waals surface area contributed by atoms with Gasteiger partial charge in [-0.05, 0) is 35.8 Å². The molecule has 0 saturated heterocycles. The van der Waals surface area contributed by atoms with Gasteiger partial charge in [-0.3, -0.25) is 4.98 Å². The number of hydrogen-bond donors (Lipinski definition) is 1. The minimum Gasteiger partial charge on any atom is -0.310 e. The van der Waals surface area contributed by atoms with E-state index >= 15 is 0 Å². The minimum atomic E-state index is -0.199. The Morgan fingerprint density at radius 1 is 1.32 bits per heavy atom. The van der Waals surface area contributed by atoms with Gasteiger partial charge < -0.3 is 5.32 Å². The second-order valence-corrected chi connectivity index (χ2v) is 6.75. The quantitative estimate of drug-likeness (QED) is 0.871. The number of aromatic nitrogens is 1. The average Bonchev–Trinajstić information content (AvgIpc) is 2.74. The van der Waals surface area contributed by atoms with E-state index in [1.54, 1.807) is 6.20 Å². The van der Waals surface area contributed by atoms with Crippen molar-refractivity contribution in [2.24, 2.45) is 16.7 Å². The van der Waals surface area contributed by atoms with Gasteiger partial charge in [0.1, 0.15) is 5.82 Å². The summed E-state index contributed by atoms with van der Waals surface area (Å²) in [5.74, 6) is 0.248. The van der Waals surface area contributed by atoms with Gasteiger partial charge in [0.15, 0.2) is 0 Å². The van der Waals surface area contributed by atoms with E-state index in [9.17, 15) is 4.39 Å². The van der Waals surface area contributed by atoms with Gasteiger partial charge in [0.25, 0.3) is 0 Å². The van der Waals surface area contributed by atoms with Gasteiger partial charge >= 0.3 is 0 Å². The molecule has 0 bridgehead atoms. The summed E-state index contributed by atoms with van der Waals surface area (Å²) in [4.78, 5) is 3.86. The molecule has 0 radical (unpaired) electrons. The maximum atomic E-state index is 14.1. The smallest absolute Gasteiger partial charge is 0.146 e. The Labute approximate surface area is 115 Å². The minimum absolute atomic E-state index is 0.0768. The lowest BCUT2D eigenvalue weighted by molar-refractivity contribution is 0.395. The molecule has 0 amide bonds. The average molecular weight is 264 g/mol. The molecule has 19 heavy (non-hydrogen) atoms. The molecule has 0 aliphatic heterocycles. The molecule has 2 nitrogen and oxygen atoms in total. The van der Waals surface area contributed by atoms with E-state index in [4.69, 9.17) is 0 Å². The van der Waals surface area contributed by atoms with E-state index in [-0.39, 0.29) is 22.7 Å². The van der Waals surface area contributed by atoms with E-state index in [1.165, 1.54) is 6.20 Å². The van der Waals surface area contributed by atoms with Crippen LogP contribution in [-0.2, 0) is 0 Å². The molecular formula is C16H25FN2. The molecule has 1 N–H and O–H groups in total. The Bertz CT molecular complexity index is 440. The highest BCUT2D eigenvalue weighted by atomic mass is 19.1. The largest absolute Gasteiger partial charge is 0.310 e. The zero-order chi connectivity index (χ0) is 14.3. The first-order valence-electron chi connectivity index (χ1n) is 7.16. The molecule has 0 spiro atoms. The first-order chi connectivity index (χ1) is 8.84. The van der Waals surface area contributed by atoms with Gasteiger partial charge in [-0.2, -0.15) is 0 Å². The highest BCUT2D eigenvalue weighted by molar-refractivity contribution is 5.27. The Kier molecular flexibility index (Phi) is 3.69. The summed E-state index contributed by atoms with van der Waals surface area (Å²) in [5, 5.41) is 3.53. The molecule has 1 heterocycles. The van der Waals surface area contributed by atoms with Crippen molar-refractivity contribution in [3.63, 3.8) is 0 Å². The fourth-order valence-corrected chi connectivity index (χ4v) is 3.43. The van der Waals surface area contributed by atoms with Crippen LogP contribution >= 0.6 is 0 Å².